The molecule has 2 unspecified atom stereocenters. The van der Waals surface area contributed by atoms with Crippen molar-refractivity contribution in [3.63, 3.8) is 0 Å². The first-order valence-electron chi connectivity index (χ1n) is 7.23. The molecule has 3 N–H and O–H groups in total. The van der Waals surface area contributed by atoms with E-state index in [0.717, 1.165) is 44.2 Å². The summed E-state index contributed by atoms with van der Waals surface area (Å²) in [6, 6.07) is 0. The van der Waals surface area contributed by atoms with E-state index < -0.39 is 5.54 Å². The minimum atomic E-state index is -0.429. The number of amides is 1. The highest BCUT2D eigenvalue weighted by Gasteiger charge is 2.45. The Morgan fingerprint density at radius 2 is 2.06 bits per heavy atom. The third-order valence-electron chi connectivity index (χ3n) is 4.57. The molecule has 0 saturated heterocycles. The fraction of sp³-hybridized carbons (Fsp3) is 0.929. The third kappa shape index (κ3) is 3.23. The van der Waals surface area contributed by atoms with Crippen molar-refractivity contribution in [1.82, 2.24) is 10.2 Å². The van der Waals surface area contributed by atoms with Crippen molar-refractivity contribution in [3.05, 3.63) is 0 Å². The van der Waals surface area contributed by atoms with Crippen LogP contribution in [0, 0.1) is 11.8 Å². The van der Waals surface area contributed by atoms with Gasteiger partial charge in [-0.1, -0.05) is 12.8 Å². The molecule has 104 valence electrons. The molecule has 2 saturated carbocycles. The van der Waals surface area contributed by atoms with Crippen molar-refractivity contribution in [2.75, 3.05) is 27.2 Å². The maximum absolute atomic E-state index is 11.9. The first-order valence-corrected chi connectivity index (χ1v) is 7.23. The number of primary amides is 1. The van der Waals surface area contributed by atoms with Gasteiger partial charge in [0.25, 0.3) is 0 Å². The molecule has 2 rings (SSSR count). The van der Waals surface area contributed by atoms with Gasteiger partial charge in [0, 0.05) is 13.1 Å². The molecular weight excluding hydrogens is 226 g/mol. The van der Waals surface area contributed by atoms with Crippen LogP contribution in [0.2, 0.25) is 0 Å². The minimum absolute atomic E-state index is 0.147. The molecule has 0 aromatic carbocycles. The van der Waals surface area contributed by atoms with E-state index in [9.17, 15) is 4.79 Å². The Kier molecular flexibility index (Phi) is 4.28. The molecule has 1 amide bonds. The lowest BCUT2D eigenvalue weighted by Gasteiger charge is -2.40. The van der Waals surface area contributed by atoms with Crippen molar-refractivity contribution >= 4 is 5.91 Å². The quantitative estimate of drug-likeness (QED) is 0.741. The van der Waals surface area contributed by atoms with Crippen LogP contribution in [0.4, 0.5) is 0 Å². The Morgan fingerprint density at radius 3 is 2.61 bits per heavy atom. The van der Waals surface area contributed by atoms with Crippen molar-refractivity contribution in [1.29, 1.82) is 0 Å². The lowest BCUT2D eigenvalue weighted by Crippen LogP contribution is -2.59. The van der Waals surface area contributed by atoms with Crippen LogP contribution in [-0.2, 0) is 4.79 Å². The van der Waals surface area contributed by atoms with E-state index in [1.807, 2.05) is 14.1 Å². The zero-order chi connectivity index (χ0) is 13.2. The smallest absolute Gasteiger partial charge is 0.237 e. The first kappa shape index (κ1) is 13.8. The molecule has 4 heteroatoms. The third-order valence-corrected chi connectivity index (χ3v) is 4.57. The molecule has 0 aromatic heterocycles. The largest absolute Gasteiger partial charge is 0.368 e. The molecule has 2 aliphatic carbocycles. The molecule has 0 heterocycles. The second-order valence-electron chi connectivity index (χ2n) is 6.37. The standard InChI is InChI=1S/C14H27N3O/c1-17(2)9-8-16-14(13(15)18)7-3-4-12(10-14)11-5-6-11/h11-12,16H,3-10H2,1-2H3,(H2,15,18). The van der Waals surface area contributed by atoms with Crippen LogP contribution in [0.5, 0.6) is 0 Å². The second-order valence-corrected chi connectivity index (χ2v) is 6.37. The van der Waals surface area contributed by atoms with Gasteiger partial charge in [0.1, 0.15) is 0 Å². The van der Waals surface area contributed by atoms with Crippen molar-refractivity contribution in [2.24, 2.45) is 17.6 Å². The van der Waals surface area contributed by atoms with Gasteiger partial charge in [-0.2, -0.15) is 0 Å². The zero-order valence-electron chi connectivity index (χ0n) is 11.7. The topological polar surface area (TPSA) is 58.4 Å². The maximum atomic E-state index is 11.9. The van der Waals surface area contributed by atoms with Crippen LogP contribution in [-0.4, -0.2) is 43.5 Å². The van der Waals surface area contributed by atoms with Gasteiger partial charge in [0.2, 0.25) is 5.91 Å². The van der Waals surface area contributed by atoms with E-state index in [1.54, 1.807) is 0 Å². The molecule has 0 radical (unpaired) electrons. The summed E-state index contributed by atoms with van der Waals surface area (Å²) in [4.78, 5) is 14.0. The van der Waals surface area contributed by atoms with Gasteiger partial charge in [0.15, 0.2) is 0 Å². The molecule has 0 spiro atoms. The van der Waals surface area contributed by atoms with E-state index in [2.05, 4.69) is 10.2 Å². The predicted molar refractivity (Wildman–Crippen MR) is 73.2 cm³/mol. The van der Waals surface area contributed by atoms with E-state index >= 15 is 0 Å². The normalized spacial score (nSPS) is 32.7. The van der Waals surface area contributed by atoms with Gasteiger partial charge in [-0.05, 0) is 51.6 Å². The Bertz CT molecular complexity index is 301. The number of nitrogens with two attached hydrogens (primary N) is 1. The highest BCUT2D eigenvalue weighted by molar-refractivity contribution is 5.84. The number of carbonyl (C=O) groups is 1. The molecule has 18 heavy (non-hydrogen) atoms. The number of nitrogens with one attached hydrogen (secondary N) is 1. The van der Waals surface area contributed by atoms with Crippen LogP contribution in [0.3, 0.4) is 0 Å². The summed E-state index contributed by atoms with van der Waals surface area (Å²) in [5, 5.41) is 3.46. The number of carbonyl (C=O) groups excluding carboxylic acids is 1. The number of rotatable bonds is 6. The van der Waals surface area contributed by atoms with Gasteiger partial charge in [-0.25, -0.2) is 0 Å². The average Bonchev–Trinajstić information content (AvgIpc) is 3.12. The molecule has 2 aliphatic rings. The summed E-state index contributed by atoms with van der Waals surface area (Å²) in [6.07, 6.45) is 7.02. The van der Waals surface area contributed by atoms with Gasteiger partial charge >= 0.3 is 0 Å². The lowest BCUT2D eigenvalue weighted by atomic mass is 9.73. The molecular formula is C14H27N3O. The molecule has 4 nitrogen and oxygen atoms in total. The Labute approximate surface area is 110 Å². The SMILES string of the molecule is CN(C)CCNC1(C(N)=O)CCCC(C2CC2)C1. The van der Waals surface area contributed by atoms with Crippen LogP contribution in [0.1, 0.15) is 38.5 Å². The van der Waals surface area contributed by atoms with E-state index in [-0.39, 0.29) is 5.91 Å². The molecule has 2 fully saturated rings. The van der Waals surface area contributed by atoms with E-state index in [0.29, 0.717) is 0 Å². The van der Waals surface area contributed by atoms with Crippen LogP contribution >= 0.6 is 0 Å². The van der Waals surface area contributed by atoms with Crippen molar-refractivity contribution in [2.45, 2.75) is 44.1 Å². The summed E-state index contributed by atoms with van der Waals surface area (Å²) in [6.45, 7) is 1.79. The number of nitrogens with zero attached hydrogens (tertiary/aromatic N) is 1. The lowest BCUT2D eigenvalue weighted by molar-refractivity contribution is -0.126. The predicted octanol–water partition coefficient (Wildman–Crippen LogP) is 0.962. The zero-order valence-corrected chi connectivity index (χ0v) is 11.7. The highest BCUT2D eigenvalue weighted by Crippen LogP contribution is 2.46. The van der Waals surface area contributed by atoms with Gasteiger partial charge in [-0.15, -0.1) is 0 Å². The summed E-state index contributed by atoms with van der Waals surface area (Å²) < 4.78 is 0. The van der Waals surface area contributed by atoms with Crippen LogP contribution < -0.4 is 11.1 Å². The van der Waals surface area contributed by atoms with E-state index in [4.69, 9.17) is 5.73 Å². The maximum Gasteiger partial charge on any atom is 0.237 e. The van der Waals surface area contributed by atoms with Gasteiger partial charge in [-0.3, -0.25) is 4.79 Å². The Morgan fingerprint density at radius 1 is 1.33 bits per heavy atom. The summed E-state index contributed by atoms with van der Waals surface area (Å²) >= 11 is 0. The molecule has 0 aliphatic heterocycles. The molecule has 0 bridgehead atoms. The summed E-state index contributed by atoms with van der Waals surface area (Å²) in [7, 11) is 4.10. The monoisotopic (exact) mass is 253 g/mol. The number of hydrogen-bond acceptors (Lipinski definition) is 3. The van der Waals surface area contributed by atoms with Gasteiger partial charge < -0.3 is 16.0 Å². The van der Waals surface area contributed by atoms with Crippen molar-refractivity contribution < 1.29 is 4.79 Å². The average molecular weight is 253 g/mol. The van der Waals surface area contributed by atoms with Crippen LogP contribution in [0.15, 0.2) is 0 Å². The minimum Gasteiger partial charge on any atom is -0.368 e. The summed E-state index contributed by atoms with van der Waals surface area (Å²) in [5.74, 6) is 1.45. The number of hydrogen-bond donors (Lipinski definition) is 2. The highest BCUT2D eigenvalue weighted by atomic mass is 16.1. The second kappa shape index (κ2) is 5.57. The summed E-state index contributed by atoms with van der Waals surface area (Å²) in [5.41, 5.74) is 5.26. The van der Waals surface area contributed by atoms with Gasteiger partial charge in [0.05, 0.1) is 5.54 Å². The Balaban J connectivity index is 1.94. The van der Waals surface area contributed by atoms with E-state index in [1.165, 1.54) is 19.3 Å². The van der Waals surface area contributed by atoms with Crippen LogP contribution in [0.25, 0.3) is 0 Å². The fourth-order valence-electron chi connectivity index (χ4n) is 3.28. The fourth-order valence-corrected chi connectivity index (χ4v) is 3.28. The molecule has 2 atom stereocenters. The first-order chi connectivity index (χ1) is 8.53. The molecule has 0 aromatic rings. The number of likely N-dealkylation sites (N-methyl/N-ethyl adjacent to an activating group) is 1. The van der Waals surface area contributed by atoms with Crippen molar-refractivity contribution in [3.8, 4) is 0 Å². The Hall–Kier alpha value is -0.610.